The lowest BCUT2D eigenvalue weighted by Gasteiger charge is -2.07. The van der Waals surface area contributed by atoms with E-state index in [0.29, 0.717) is 10.1 Å². The van der Waals surface area contributed by atoms with Crippen LogP contribution in [-0.4, -0.2) is 45.8 Å². The maximum Gasteiger partial charge on any atom is 0.323 e. The highest BCUT2D eigenvalue weighted by Crippen LogP contribution is 2.36. The number of amides is 1. The summed E-state index contributed by atoms with van der Waals surface area (Å²) in [5.41, 5.74) is 3.18. The van der Waals surface area contributed by atoms with E-state index < -0.39 is 5.97 Å². The van der Waals surface area contributed by atoms with Gasteiger partial charge >= 0.3 is 5.97 Å². The van der Waals surface area contributed by atoms with Crippen LogP contribution < -0.4 is 4.74 Å². The minimum Gasteiger partial charge on any atom is -0.497 e. The molecule has 2 aromatic carbocycles. The van der Waals surface area contributed by atoms with Crippen LogP contribution in [0.4, 0.5) is 5.69 Å². The molecule has 1 saturated heterocycles. The molecular formula is C23H21N3O4S. The lowest BCUT2D eigenvalue weighted by Crippen LogP contribution is -2.23. The molecule has 0 spiro atoms. The molecule has 0 atom stereocenters. The molecule has 1 N–H and O–H groups in total. The number of fused-ring (bicyclic) bond motifs is 1. The highest BCUT2D eigenvalue weighted by Gasteiger charge is 2.31. The zero-order valence-electron chi connectivity index (χ0n) is 17.3. The second-order valence-electron chi connectivity index (χ2n) is 7.06. The van der Waals surface area contributed by atoms with Gasteiger partial charge in [-0.1, -0.05) is 18.2 Å². The van der Waals surface area contributed by atoms with Crippen LogP contribution in [0.2, 0.25) is 0 Å². The molecule has 7 nitrogen and oxygen atoms in total. The third kappa shape index (κ3) is 3.94. The van der Waals surface area contributed by atoms with E-state index in [1.807, 2.05) is 61.5 Å². The number of aliphatic imine (C=N–C) groups is 1. The molecule has 1 aliphatic rings. The molecule has 4 rings (SSSR count). The number of aliphatic carboxylic acids is 1. The lowest BCUT2D eigenvalue weighted by atomic mass is 10.1. The lowest BCUT2D eigenvalue weighted by molar-refractivity contribution is -0.137. The second-order valence-corrected chi connectivity index (χ2v) is 8.07. The highest BCUT2D eigenvalue weighted by molar-refractivity contribution is 8.18. The number of para-hydroxylation sites is 1. The van der Waals surface area contributed by atoms with Crippen molar-refractivity contribution >= 4 is 51.5 Å². The summed E-state index contributed by atoms with van der Waals surface area (Å²) in [7, 11) is 3.30. The number of carbonyl (C=O) groups is 2. The number of ether oxygens (including phenoxy) is 1. The topological polar surface area (TPSA) is 84.1 Å². The number of nitrogens with zero attached hydrogens (tertiary/aromatic N) is 3. The summed E-state index contributed by atoms with van der Waals surface area (Å²) in [5.74, 6) is -0.323. The van der Waals surface area contributed by atoms with Gasteiger partial charge in [0, 0.05) is 29.2 Å². The van der Waals surface area contributed by atoms with Gasteiger partial charge in [-0.2, -0.15) is 0 Å². The van der Waals surface area contributed by atoms with E-state index in [0.717, 1.165) is 33.6 Å². The first-order valence-corrected chi connectivity index (χ1v) is 10.4. The SMILES string of the molecule is COc1ccc(N=C2SC(=Cc3c(C)n(CC(=O)O)c4ccccc34)C(=O)N2C)cc1. The Kier molecular flexibility index (Phi) is 5.56. The van der Waals surface area contributed by atoms with Gasteiger partial charge in [0.2, 0.25) is 0 Å². The Balaban J connectivity index is 1.73. The van der Waals surface area contributed by atoms with E-state index in [4.69, 9.17) is 4.74 Å². The monoisotopic (exact) mass is 435 g/mol. The zero-order valence-corrected chi connectivity index (χ0v) is 18.1. The van der Waals surface area contributed by atoms with Crippen LogP contribution in [0, 0.1) is 6.92 Å². The number of methoxy groups -OCH3 is 1. The van der Waals surface area contributed by atoms with Crippen molar-refractivity contribution in [3.8, 4) is 5.75 Å². The van der Waals surface area contributed by atoms with Crippen LogP contribution in [0.15, 0.2) is 58.4 Å². The van der Waals surface area contributed by atoms with Gasteiger partial charge in [0.1, 0.15) is 12.3 Å². The van der Waals surface area contributed by atoms with Crippen molar-refractivity contribution in [2.75, 3.05) is 14.2 Å². The van der Waals surface area contributed by atoms with Crippen LogP contribution >= 0.6 is 11.8 Å². The van der Waals surface area contributed by atoms with Gasteiger partial charge in [0.05, 0.1) is 17.7 Å². The van der Waals surface area contributed by atoms with Crippen LogP contribution in [-0.2, 0) is 16.1 Å². The number of rotatable bonds is 5. The summed E-state index contributed by atoms with van der Waals surface area (Å²) in [6.45, 7) is 1.73. The molecule has 0 saturated carbocycles. The number of thioether (sulfide) groups is 1. The number of aromatic nitrogens is 1. The summed E-state index contributed by atoms with van der Waals surface area (Å²) in [4.78, 5) is 30.9. The summed E-state index contributed by atoms with van der Waals surface area (Å²) >= 11 is 1.30. The van der Waals surface area contributed by atoms with E-state index in [1.165, 1.54) is 16.7 Å². The van der Waals surface area contributed by atoms with E-state index >= 15 is 0 Å². The van der Waals surface area contributed by atoms with E-state index in [2.05, 4.69) is 4.99 Å². The van der Waals surface area contributed by atoms with Crippen molar-refractivity contribution in [2.24, 2.45) is 4.99 Å². The van der Waals surface area contributed by atoms with Gasteiger partial charge in [0.25, 0.3) is 5.91 Å². The molecule has 158 valence electrons. The Bertz CT molecular complexity index is 1240. The molecule has 1 amide bonds. The third-order valence-electron chi connectivity index (χ3n) is 5.15. The van der Waals surface area contributed by atoms with E-state index in [9.17, 15) is 14.7 Å². The molecule has 0 unspecified atom stereocenters. The molecule has 8 heteroatoms. The van der Waals surface area contributed by atoms with Gasteiger partial charge < -0.3 is 14.4 Å². The van der Waals surface area contributed by atoms with Crippen LogP contribution in [0.3, 0.4) is 0 Å². The first-order chi connectivity index (χ1) is 14.9. The number of hydrogen-bond donors (Lipinski definition) is 1. The summed E-state index contributed by atoms with van der Waals surface area (Å²) in [6.07, 6.45) is 1.83. The van der Waals surface area contributed by atoms with E-state index in [-0.39, 0.29) is 12.5 Å². The maximum absolute atomic E-state index is 12.9. The fraction of sp³-hybridized carbons (Fsp3) is 0.174. The van der Waals surface area contributed by atoms with Gasteiger partial charge in [0.15, 0.2) is 5.17 Å². The fourth-order valence-corrected chi connectivity index (χ4v) is 4.50. The zero-order chi connectivity index (χ0) is 22.1. The van der Waals surface area contributed by atoms with Crippen molar-refractivity contribution in [2.45, 2.75) is 13.5 Å². The molecule has 1 aliphatic heterocycles. The first kappa shape index (κ1) is 20.7. The summed E-state index contributed by atoms with van der Waals surface area (Å²) in [6, 6.07) is 14.9. The van der Waals surface area contributed by atoms with Crippen molar-refractivity contribution in [3.05, 3.63) is 64.7 Å². The average Bonchev–Trinajstić information content (AvgIpc) is 3.18. The Hall–Kier alpha value is -3.52. The van der Waals surface area contributed by atoms with Gasteiger partial charge in [-0.3, -0.25) is 14.5 Å². The second kappa shape index (κ2) is 8.31. The Labute approximate surface area is 183 Å². The molecule has 0 bridgehead atoms. The maximum atomic E-state index is 12.9. The van der Waals surface area contributed by atoms with Crippen molar-refractivity contribution in [1.82, 2.24) is 9.47 Å². The van der Waals surface area contributed by atoms with Crippen LogP contribution in [0.25, 0.3) is 17.0 Å². The summed E-state index contributed by atoms with van der Waals surface area (Å²) < 4.78 is 6.92. The minimum atomic E-state index is -0.914. The quantitative estimate of drug-likeness (QED) is 0.605. The van der Waals surface area contributed by atoms with Crippen molar-refractivity contribution in [3.63, 3.8) is 0 Å². The normalized spacial score (nSPS) is 16.6. The molecule has 3 aromatic rings. The molecule has 1 aromatic heterocycles. The smallest absolute Gasteiger partial charge is 0.323 e. The van der Waals surface area contributed by atoms with Gasteiger partial charge in [-0.25, -0.2) is 4.99 Å². The average molecular weight is 436 g/mol. The number of carboxylic acids is 1. The molecule has 31 heavy (non-hydrogen) atoms. The van der Waals surface area contributed by atoms with Crippen molar-refractivity contribution in [1.29, 1.82) is 0 Å². The number of benzene rings is 2. The van der Waals surface area contributed by atoms with Crippen molar-refractivity contribution < 1.29 is 19.4 Å². The number of amidine groups is 1. The third-order valence-corrected chi connectivity index (χ3v) is 6.21. The Morgan fingerprint density at radius 1 is 1.19 bits per heavy atom. The summed E-state index contributed by atoms with van der Waals surface area (Å²) in [5, 5.41) is 10.8. The number of carboxylic acid groups (broad SMARTS) is 1. The predicted molar refractivity (Wildman–Crippen MR) is 123 cm³/mol. The number of hydrogen-bond acceptors (Lipinski definition) is 5. The van der Waals surface area contributed by atoms with Gasteiger partial charge in [-0.15, -0.1) is 0 Å². The number of carbonyl (C=O) groups excluding carboxylic acids is 1. The predicted octanol–water partition coefficient (Wildman–Crippen LogP) is 4.28. The Morgan fingerprint density at radius 3 is 2.58 bits per heavy atom. The standard InChI is InChI=1S/C23H21N3O4S/c1-14-18(17-6-4-5-7-19(17)26(14)13-21(27)28)12-20-22(29)25(2)23(31-20)24-15-8-10-16(30-3)11-9-15/h4-12H,13H2,1-3H3,(H,27,28). The highest BCUT2D eigenvalue weighted by atomic mass is 32.2. The molecule has 1 fully saturated rings. The minimum absolute atomic E-state index is 0.138. The first-order valence-electron chi connectivity index (χ1n) is 9.59. The molecule has 0 aliphatic carbocycles. The molecule has 2 heterocycles. The van der Waals surface area contributed by atoms with Gasteiger partial charge in [-0.05, 0) is 55.1 Å². The van der Waals surface area contributed by atoms with Crippen LogP contribution in [0.1, 0.15) is 11.3 Å². The number of likely N-dealkylation sites (N-methyl/N-ethyl adjacent to an activating group) is 1. The molecule has 0 radical (unpaired) electrons. The Morgan fingerprint density at radius 2 is 1.90 bits per heavy atom. The van der Waals surface area contributed by atoms with E-state index in [1.54, 1.807) is 18.7 Å². The van der Waals surface area contributed by atoms with Crippen LogP contribution in [0.5, 0.6) is 5.75 Å². The molecular weight excluding hydrogens is 414 g/mol. The fourth-order valence-electron chi connectivity index (χ4n) is 3.53. The largest absolute Gasteiger partial charge is 0.497 e.